The van der Waals surface area contributed by atoms with Crippen molar-refractivity contribution in [1.82, 2.24) is 5.32 Å². The average molecular weight is 317 g/mol. The molecule has 1 rings (SSSR count). The van der Waals surface area contributed by atoms with Crippen LogP contribution in [0.2, 0.25) is 0 Å². The van der Waals surface area contributed by atoms with Crippen molar-refractivity contribution in [2.24, 2.45) is 0 Å². The zero-order valence-electron chi connectivity index (χ0n) is 12.4. The largest absolute Gasteiger partial charge is 0.459 e. The van der Waals surface area contributed by atoms with Crippen LogP contribution >= 0.6 is 0 Å². The van der Waals surface area contributed by atoms with Crippen LogP contribution < -0.4 is 5.32 Å². The molecule has 0 saturated carbocycles. The van der Waals surface area contributed by atoms with Gasteiger partial charge in [-0.2, -0.15) is 13.2 Å². The first-order valence-corrected chi connectivity index (χ1v) is 6.86. The molecule has 0 fully saturated rings. The van der Waals surface area contributed by atoms with Crippen LogP contribution in [0.1, 0.15) is 37.8 Å². The van der Waals surface area contributed by atoms with Crippen LogP contribution in [0.25, 0.3) is 0 Å². The van der Waals surface area contributed by atoms with Crippen LogP contribution in [-0.4, -0.2) is 17.9 Å². The third kappa shape index (κ3) is 5.75. The first-order valence-electron chi connectivity index (χ1n) is 6.86. The number of alkyl halides is 3. The molecule has 1 aromatic carbocycles. The molecule has 1 amide bonds. The van der Waals surface area contributed by atoms with Crippen LogP contribution in [0.15, 0.2) is 24.3 Å². The first kappa shape index (κ1) is 18.0. The number of nitrogens with one attached hydrogen (secondary N) is 1. The number of rotatable bonds is 6. The maximum atomic E-state index is 12.4. The summed E-state index contributed by atoms with van der Waals surface area (Å²) in [7, 11) is 0. The molecule has 0 aromatic heterocycles. The Labute approximate surface area is 126 Å². The summed E-state index contributed by atoms with van der Waals surface area (Å²) in [6, 6.07) is 3.55. The lowest BCUT2D eigenvalue weighted by Crippen LogP contribution is -2.39. The molecule has 0 heterocycles. The molecule has 0 aliphatic carbocycles. The van der Waals surface area contributed by atoms with E-state index in [1.807, 2.05) is 6.92 Å². The molecule has 0 radical (unpaired) electrons. The van der Waals surface area contributed by atoms with E-state index in [4.69, 9.17) is 4.74 Å². The standard InChI is InChI=1S/C15H18F3NO3/c1-3-4-13(20)19-10(2)14(21)22-9-11-5-7-12(8-6-11)15(16,17)18/h5-8,10H,3-4,9H2,1-2H3,(H,19,20)/t10-/m0/s1. The Balaban J connectivity index is 2.48. The molecule has 0 spiro atoms. The maximum absolute atomic E-state index is 12.4. The first-order chi connectivity index (χ1) is 10.2. The van der Waals surface area contributed by atoms with Crippen molar-refractivity contribution in [2.45, 2.75) is 45.5 Å². The van der Waals surface area contributed by atoms with Gasteiger partial charge in [0.25, 0.3) is 0 Å². The van der Waals surface area contributed by atoms with Crippen LogP contribution in [0.4, 0.5) is 13.2 Å². The number of halogens is 3. The fraction of sp³-hybridized carbons (Fsp3) is 0.467. The Morgan fingerprint density at radius 3 is 2.32 bits per heavy atom. The Morgan fingerprint density at radius 2 is 1.82 bits per heavy atom. The molecule has 0 saturated heterocycles. The lowest BCUT2D eigenvalue weighted by Gasteiger charge is -2.13. The van der Waals surface area contributed by atoms with E-state index in [1.54, 1.807) is 0 Å². The minimum atomic E-state index is -4.40. The smallest absolute Gasteiger partial charge is 0.416 e. The molecule has 0 bridgehead atoms. The highest BCUT2D eigenvalue weighted by atomic mass is 19.4. The van der Waals surface area contributed by atoms with Gasteiger partial charge in [0.15, 0.2) is 0 Å². The number of carbonyl (C=O) groups is 2. The third-order valence-electron chi connectivity index (χ3n) is 2.87. The monoisotopic (exact) mass is 317 g/mol. The molecule has 122 valence electrons. The number of ether oxygens (including phenoxy) is 1. The molecular weight excluding hydrogens is 299 g/mol. The van der Waals surface area contributed by atoms with E-state index >= 15 is 0 Å². The molecule has 0 aliphatic heterocycles. The van der Waals surface area contributed by atoms with E-state index in [-0.39, 0.29) is 12.5 Å². The summed E-state index contributed by atoms with van der Waals surface area (Å²) in [6.45, 7) is 3.18. The highest BCUT2D eigenvalue weighted by Gasteiger charge is 2.29. The highest BCUT2D eigenvalue weighted by molar-refractivity contribution is 5.84. The van der Waals surface area contributed by atoms with Crippen molar-refractivity contribution in [3.05, 3.63) is 35.4 Å². The van der Waals surface area contributed by atoms with E-state index in [9.17, 15) is 22.8 Å². The maximum Gasteiger partial charge on any atom is 0.416 e. The van der Waals surface area contributed by atoms with E-state index in [1.165, 1.54) is 19.1 Å². The van der Waals surface area contributed by atoms with Crippen molar-refractivity contribution in [3.63, 3.8) is 0 Å². The number of hydrogen-bond acceptors (Lipinski definition) is 3. The molecule has 1 aromatic rings. The van der Waals surface area contributed by atoms with Gasteiger partial charge in [0.2, 0.25) is 5.91 Å². The van der Waals surface area contributed by atoms with Crippen molar-refractivity contribution in [2.75, 3.05) is 0 Å². The van der Waals surface area contributed by atoms with Crippen LogP contribution in [0.5, 0.6) is 0 Å². The number of hydrogen-bond donors (Lipinski definition) is 1. The van der Waals surface area contributed by atoms with Crippen molar-refractivity contribution < 1.29 is 27.5 Å². The van der Waals surface area contributed by atoms with Gasteiger partial charge >= 0.3 is 12.1 Å². The van der Waals surface area contributed by atoms with E-state index in [0.717, 1.165) is 12.1 Å². The molecule has 1 N–H and O–H groups in total. The number of carbonyl (C=O) groups excluding carboxylic acids is 2. The molecule has 4 nitrogen and oxygen atoms in total. The second-order valence-electron chi connectivity index (χ2n) is 4.84. The summed E-state index contributed by atoms with van der Waals surface area (Å²) in [6.07, 6.45) is -3.41. The summed E-state index contributed by atoms with van der Waals surface area (Å²) < 4.78 is 42.2. The van der Waals surface area contributed by atoms with Crippen LogP contribution in [0, 0.1) is 0 Å². The van der Waals surface area contributed by atoms with E-state index in [0.29, 0.717) is 18.4 Å². The van der Waals surface area contributed by atoms with Gasteiger partial charge in [-0.05, 0) is 31.0 Å². The average Bonchev–Trinajstić information content (AvgIpc) is 2.44. The Hall–Kier alpha value is -2.05. The number of esters is 1. The molecule has 0 unspecified atom stereocenters. The summed E-state index contributed by atoms with van der Waals surface area (Å²) in [5, 5.41) is 2.48. The second kappa shape index (κ2) is 7.82. The van der Waals surface area contributed by atoms with Gasteiger partial charge in [-0.1, -0.05) is 19.1 Å². The predicted molar refractivity (Wildman–Crippen MR) is 73.8 cm³/mol. The zero-order valence-corrected chi connectivity index (χ0v) is 12.4. The Bertz CT molecular complexity index is 512. The van der Waals surface area contributed by atoms with Gasteiger partial charge < -0.3 is 10.1 Å². The van der Waals surface area contributed by atoms with Gasteiger partial charge in [0, 0.05) is 6.42 Å². The predicted octanol–water partition coefficient (Wildman–Crippen LogP) is 3.05. The lowest BCUT2D eigenvalue weighted by molar-refractivity contribution is -0.148. The number of benzene rings is 1. The van der Waals surface area contributed by atoms with E-state index < -0.39 is 23.8 Å². The van der Waals surface area contributed by atoms with Crippen molar-refractivity contribution in [3.8, 4) is 0 Å². The summed E-state index contributed by atoms with van der Waals surface area (Å²) in [5.41, 5.74) is -0.323. The molecule has 22 heavy (non-hydrogen) atoms. The summed E-state index contributed by atoms with van der Waals surface area (Å²) in [4.78, 5) is 23.0. The summed E-state index contributed by atoms with van der Waals surface area (Å²) in [5.74, 6) is -0.883. The van der Waals surface area contributed by atoms with Gasteiger partial charge in [-0.3, -0.25) is 4.79 Å². The van der Waals surface area contributed by atoms with Crippen LogP contribution in [0.3, 0.4) is 0 Å². The fourth-order valence-electron chi connectivity index (χ4n) is 1.67. The van der Waals surface area contributed by atoms with Gasteiger partial charge in [0.1, 0.15) is 12.6 Å². The van der Waals surface area contributed by atoms with Gasteiger partial charge in [-0.25, -0.2) is 4.79 Å². The van der Waals surface area contributed by atoms with Gasteiger partial charge in [-0.15, -0.1) is 0 Å². The van der Waals surface area contributed by atoms with Gasteiger partial charge in [0.05, 0.1) is 5.56 Å². The molecule has 0 aliphatic rings. The third-order valence-corrected chi connectivity index (χ3v) is 2.87. The SMILES string of the molecule is CCCC(=O)N[C@@H](C)C(=O)OCc1ccc(C(F)(F)F)cc1. The van der Waals surface area contributed by atoms with Crippen molar-refractivity contribution >= 4 is 11.9 Å². The minimum absolute atomic E-state index is 0.148. The molecule has 1 atom stereocenters. The lowest BCUT2D eigenvalue weighted by atomic mass is 10.1. The van der Waals surface area contributed by atoms with E-state index in [2.05, 4.69) is 5.32 Å². The summed E-state index contributed by atoms with van der Waals surface area (Å²) >= 11 is 0. The Morgan fingerprint density at radius 1 is 1.23 bits per heavy atom. The van der Waals surface area contributed by atoms with Crippen LogP contribution in [-0.2, 0) is 27.1 Å². The fourth-order valence-corrected chi connectivity index (χ4v) is 1.67. The number of amides is 1. The molecule has 7 heteroatoms. The highest BCUT2D eigenvalue weighted by Crippen LogP contribution is 2.29. The Kier molecular flexibility index (Phi) is 6.39. The second-order valence-corrected chi connectivity index (χ2v) is 4.84. The van der Waals surface area contributed by atoms with Crippen molar-refractivity contribution in [1.29, 1.82) is 0 Å². The molecular formula is C15H18F3NO3. The quantitative estimate of drug-likeness (QED) is 0.821. The zero-order chi connectivity index (χ0) is 16.8. The topological polar surface area (TPSA) is 55.4 Å². The minimum Gasteiger partial charge on any atom is -0.459 e. The normalized spacial score (nSPS) is 12.6.